The molecule has 3 nitrogen and oxygen atoms in total. The van der Waals surface area contributed by atoms with Crippen LogP contribution in [0.1, 0.15) is 39.5 Å². The van der Waals surface area contributed by atoms with Crippen molar-refractivity contribution < 1.29 is 4.79 Å². The van der Waals surface area contributed by atoms with Gasteiger partial charge in [-0.15, -0.1) is 0 Å². The molecule has 0 spiro atoms. The number of carbonyl (C=O) groups is 1. The fourth-order valence-corrected chi connectivity index (χ4v) is 3.03. The van der Waals surface area contributed by atoms with Crippen molar-refractivity contribution in [1.29, 1.82) is 0 Å². The Morgan fingerprint density at radius 3 is 2.56 bits per heavy atom. The Balaban J connectivity index is 1.87. The second-order valence-corrected chi connectivity index (χ2v) is 5.85. The van der Waals surface area contributed by atoms with Crippen LogP contribution in [0.25, 0.3) is 0 Å². The maximum Gasteiger partial charge on any atom is 0.225 e. The van der Waals surface area contributed by atoms with Gasteiger partial charge in [0.2, 0.25) is 5.91 Å². The summed E-state index contributed by atoms with van der Waals surface area (Å²) in [6.45, 7) is 6.45. The Morgan fingerprint density at radius 2 is 2.06 bits per heavy atom. The molecule has 2 fully saturated rings. The van der Waals surface area contributed by atoms with Gasteiger partial charge >= 0.3 is 0 Å². The van der Waals surface area contributed by atoms with E-state index in [2.05, 4.69) is 18.7 Å². The van der Waals surface area contributed by atoms with Crippen LogP contribution in [-0.4, -0.2) is 29.9 Å². The van der Waals surface area contributed by atoms with E-state index in [-0.39, 0.29) is 12.0 Å². The number of rotatable bonds is 2. The fraction of sp³-hybridized carbons (Fsp3) is 0.923. The van der Waals surface area contributed by atoms with Gasteiger partial charge in [0, 0.05) is 25.0 Å². The molecule has 3 heteroatoms. The molecule has 1 aliphatic carbocycles. The average molecular weight is 224 g/mol. The largest absolute Gasteiger partial charge is 0.342 e. The minimum absolute atomic E-state index is 0.223. The van der Waals surface area contributed by atoms with E-state index in [4.69, 9.17) is 5.73 Å². The topological polar surface area (TPSA) is 46.3 Å². The third kappa shape index (κ3) is 2.40. The summed E-state index contributed by atoms with van der Waals surface area (Å²) in [5.74, 6) is 2.00. The van der Waals surface area contributed by atoms with Crippen LogP contribution in [0.4, 0.5) is 0 Å². The Hall–Kier alpha value is -0.570. The maximum absolute atomic E-state index is 12.2. The normalized spacial score (nSPS) is 35.0. The molecule has 0 aromatic rings. The molecule has 0 bridgehead atoms. The SMILES string of the molecule is CC(C)C1CCN(C(=O)C2CCC(N)C2)C1. The van der Waals surface area contributed by atoms with Gasteiger partial charge < -0.3 is 10.6 Å². The minimum atomic E-state index is 0.223. The van der Waals surface area contributed by atoms with E-state index >= 15 is 0 Å². The fourth-order valence-electron chi connectivity index (χ4n) is 3.03. The Bertz CT molecular complexity index is 265. The monoisotopic (exact) mass is 224 g/mol. The Labute approximate surface area is 98.4 Å². The van der Waals surface area contributed by atoms with Crippen molar-refractivity contribution >= 4 is 5.91 Å². The summed E-state index contributed by atoms with van der Waals surface area (Å²) in [4.78, 5) is 14.3. The molecule has 1 amide bonds. The summed E-state index contributed by atoms with van der Waals surface area (Å²) in [7, 11) is 0. The van der Waals surface area contributed by atoms with Crippen LogP contribution in [-0.2, 0) is 4.79 Å². The van der Waals surface area contributed by atoms with Gasteiger partial charge in [-0.3, -0.25) is 4.79 Å². The molecule has 0 radical (unpaired) electrons. The van der Waals surface area contributed by atoms with Crippen LogP contribution in [0.5, 0.6) is 0 Å². The van der Waals surface area contributed by atoms with E-state index in [0.29, 0.717) is 17.7 Å². The van der Waals surface area contributed by atoms with Crippen LogP contribution >= 0.6 is 0 Å². The van der Waals surface area contributed by atoms with E-state index < -0.39 is 0 Å². The highest BCUT2D eigenvalue weighted by atomic mass is 16.2. The number of amides is 1. The Kier molecular flexibility index (Phi) is 3.53. The maximum atomic E-state index is 12.2. The van der Waals surface area contributed by atoms with Crippen molar-refractivity contribution in [2.24, 2.45) is 23.5 Å². The summed E-state index contributed by atoms with van der Waals surface area (Å²) in [5.41, 5.74) is 5.87. The van der Waals surface area contributed by atoms with Crippen molar-refractivity contribution in [2.75, 3.05) is 13.1 Å². The molecule has 3 atom stereocenters. The van der Waals surface area contributed by atoms with Crippen LogP contribution in [0.15, 0.2) is 0 Å². The molecule has 1 saturated heterocycles. The molecule has 16 heavy (non-hydrogen) atoms. The third-order valence-corrected chi connectivity index (χ3v) is 4.30. The second kappa shape index (κ2) is 4.74. The lowest BCUT2D eigenvalue weighted by atomic mass is 9.95. The van der Waals surface area contributed by atoms with Crippen molar-refractivity contribution in [1.82, 2.24) is 4.90 Å². The number of carbonyl (C=O) groups excluding carboxylic acids is 1. The van der Waals surface area contributed by atoms with Gasteiger partial charge in [-0.25, -0.2) is 0 Å². The number of nitrogens with two attached hydrogens (primary N) is 1. The van der Waals surface area contributed by atoms with E-state index in [1.54, 1.807) is 0 Å². The molecule has 1 saturated carbocycles. The van der Waals surface area contributed by atoms with Crippen LogP contribution in [0.3, 0.4) is 0 Å². The summed E-state index contributed by atoms with van der Waals surface area (Å²) in [6, 6.07) is 0.262. The first-order valence-electron chi connectivity index (χ1n) is 6.62. The predicted molar refractivity (Wildman–Crippen MR) is 64.8 cm³/mol. The molecule has 2 aliphatic rings. The smallest absolute Gasteiger partial charge is 0.225 e. The molecule has 0 aromatic carbocycles. The zero-order chi connectivity index (χ0) is 11.7. The van der Waals surface area contributed by atoms with Crippen LogP contribution < -0.4 is 5.73 Å². The van der Waals surface area contributed by atoms with E-state index in [9.17, 15) is 4.79 Å². The van der Waals surface area contributed by atoms with Gasteiger partial charge in [0.05, 0.1) is 0 Å². The average Bonchev–Trinajstić information content (AvgIpc) is 2.84. The standard InChI is InChI=1S/C13H24N2O/c1-9(2)11-5-6-15(8-11)13(16)10-3-4-12(14)7-10/h9-12H,3-8,14H2,1-2H3. The van der Waals surface area contributed by atoms with Crippen molar-refractivity contribution in [3.8, 4) is 0 Å². The molecule has 3 unspecified atom stereocenters. The van der Waals surface area contributed by atoms with Gasteiger partial charge in [-0.1, -0.05) is 13.8 Å². The Morgan fingerprint density at radius 1 is 1.31 bits per heavy atom. The number of nitrogens with zero attached hydrogens (tertiary/aromatic N) is 1. The first-order valence-corrected chi connectivity index (χ1v) is 6.62. The van der Waals surface area contributed by atoms with E-state index in [0.717, 1.165) is 32.4 Å². The molecule has 1 heterocycles. The quantitative estimate of drug-likeness (QED) is 0.774. The molecule has 92 valence electrons. The first kappa shape index (κ1) is 11.9. The first-order chi connectivity index (χ1) is 7.58. The van der Waals surface area contributed by atoms with Crippen LogP contribution in [0, 0.1) is 17.8 Å². The van der Waals surface area contributed by atoms with Crippen molar-refractivity contribution in [3.63, 3.8) is 0 Å². The van der Waals surface area contributed by atoms with Gasteiger partial charge in [-0.05, 0) is 37.5 Å². The molecular weight excluding hydrogens is 200 g/mol. The highest BCUT2D eigenvalue weighted by Crippen LogP contribution is 2.30. The number of hydrogen-bond donors (Lipinski definition) is 1. The summed E-state index contributed by atoms with van der Waals surface area (Å²) in [6.07, 6.45) is 4.12. The third-order valence-electron chi connectivity index (χ3n) is 4.30. The van der Waals surface area contributed by atoms with Crippen molar-refractivity contribution in [2.45, 2.75) is 45.6 Å². The van der Waals surface area contributed by atoms with Crippen molar-refractivity contribution in [3.05, 3.63) is 0 Å². The van der Waals surface area contributed by atoms with E-state index in [1.165, 1.54) is 6.42 Å². The summed E-state index contributed by atoms with van der Waals surface area (Å²) in [5, 5.41) is 0. The van der Waals surface area contributed by atoms with Gasteiger partial charge in [0.25, 0.3) is 0 Å². The predicted octanol–water partition coefficient (Wildman–Crippen LogP) is 1.62. The molecule has 2 rings (SSSR count). The van der Waals surface area contributed by atoms with Gasteiger partial charge in [0.1, 0.15) is 0 Å². The number of likely N-dealkylation sites (tertiary alicyclic amines) is 1. The molecule has 1 aliphatic heterocycles. The molecular formula is C13H24N2O. The summed E-state index contributed by atoms with van der Waals surface area (Å²) >= 11 is 0. The molecule has 0 aromatic heterocycles. The highest BCUT2D eigenvalue weighted by Gasteiger charge is 2.34. The minimum Gasteiger partial charge on any atom is -0.342 e. The van der Waals surface area contributed by atoms with Gasteiger partial charge in [-0.2, -0.15) is 0 Å². The lowest BCUT2D eigenvalue weighted by Gasteiger charge is -2.21. The second-order valence-electron chi connectivity index (χ2n) is 5.85. The zero-order valence-corrected chi connectivity index (χ0v) is 10.5. The van der Waals surface area contributed by atoms with E-state index in [1.807, 2.05) is 0 Å². The number of hydrogen-bond acceptors (Lipinski definition) is 2. The summed E-state index contributed by atoms with van der Waals surface area (Å²) < 4.78 is 0. The zero-order valence-electron chi connectivity index (χ0n) is 10.5. The highest BCUT2D eigenvalue weighted by molar-refractivity contribution is 5.79. The van der Waals surface area contributed by atoms with Gasteiger partial charge in [0.15, 0.2) is 0 Å². The lowest BCUT2D eigenvalue weighted by Crippen LogP contribution is -2.34. The van der Waals surface area contributed by atoms with Crippen LogP contribution in [0.2, 0.25) is 0 Å². The lowest BCUT2D eigenvalue weighted by molar-refractivity contribution is -0.134. The molecule has 2 N–H and O–H groups in total.